The van der Waals surface area contributed by atoms with E-state index in [2.05, 4.69) is 21.2 Å². The molecule has 0 radical (unpaired) electrons. The fourth-order valence-corrected chi connectivity index (χ4v) is 4.23. The molecule has 2 aromatic heterocycles. The van der Waals surface area contributed by atoms with Crippen molar-refractivity contribution in [3.05, 3.63) is 89.8 Å². The van der Waals surface area contributed by atoms with Crippen LogP contribution in [-0.4, -0.2) is 40.8 Å². The number of allylic oxidation sites excluding steroid dienone is 1. The molecule has 0 saturated heterocycles. The van der Waals surface area contributed by atoms with E-state index in [0.29, 0.717) is 40.5 Å². The number of terminal acetylenes is 1. The van der Waals surface area contributed by atoms with Crippen LogP contribution < -0.4 is 24.3 Å². The zero-order valence-electron chi connectivity index (χ0n) is 23.2. The van der Waals surface area contributed by atoms with Crippen molar-refractivity contribution in [2.75, 3.05) is 26.6 Å². The van der Waals surface area contributed by atoms with E-state index in [1.807, 2.05) is 59.2 Å². The largest absolute Gasteiger partial charge is 0.497 e. The van der Waals surface area contributed by atoms with Crippen molar-refractivity contribution < 1.29 is 18.9 Å². The molecule has 1 N–H and O–H groups in total. The lowest BCUT2D eigenvalue weighted by Crippen LogP contribution is -2.05. The Morgan fingerprint density at radius 2 is 1.67 bits per heavy atom. The first-order valence-electron chi connectivity index (χ1n) is 12.7. The van der Waals surface area contributed by atoms with Crippen molar-refractivity contribution in [1.29, 1.82) is 5.26 Å². The molecule has 0 fully saturated rings. The highest BCUT2D eigenvalue weighted by atomic mass is 16.5. The standard InChI is InChI=1S/C32H26N6O4/c1-5-21-8-12-24(13-9-21)35-32-36-30-28(38(20-34-30)19-22-10-14-25(39-2)15-11-22)31(37-32)42-29-26(40-3)17-23(7-6-16-33)18-27(29)41-4/h1,6-15,17-18,20H,19H2,2-4H3,(H,35,36,37)/b7-6+. The van der Waals surface area contributed by atoms with E-state index >= 15 is 0 Å². The number of nitriles is 1. The summed E-state index contributed by atoms with van der Waals surface area (Å²) < 4.78 is 24.9. The maximum Gasteiger partial charge on any atom is 0.251 e. The third-order valence-corrected chi connectivity index (χ3v) is 6.29. The minimum Gasteiger partial charge on any atom is -0.497 e. The Kier molecular flexibility index (Phi) is 8.17. The quantitative estimate of drug-likeness (QED) is 0.164. The molecule has 0 bridgehead atoms. The summed E-state index contributed by atoms with van der Waals surface area (Å²) in [6, 6.07) is 20.5. The van der Waals surface area contributed by atoms with Gasteiger partial charge in [0.2, 0.25) is 11.7 Å². The van der Waals surface area contributed by atoms with Crippen molar-refractivity contribution in [1.82, 2.24) is 19.5 Å². The zero-order chi connectivity index (χ0) is 29.5. The number of fused-ring (bicyclic) bond motifs is 1. The molecule has 10 heteroatoms. The van der Waals surface area contributed by atoms with Crippen molar-refractivity contribution >= 4 is 28.9 Å². The first-order chi connectivity index (χ1) is 20.5. The number of hydrogen-bond acceptors (Lipinski definition) is 9. The number of nitrogens with zero attached hydrogens (tertiary/aromatic N) is 5. The summed E-state index contributed by atoms with van der Waals surface area (Å²) in [6.45, 7) is 0.479. The molecule has 5 aromatic rings. The van der Waals surface area contributed by atoms with Gasteiger partial charge < -0.3 is 28.8 Å². The first-order valence-corrected chi connectivity index (χ1v) is 12.7. The predicted molar refractivity (Wildman–Crippen MR) is 159 cm³/mol. The smallest absolute Gasteiger partial charge is 0.251 e. The molecule has 0 saturated carbocycles. The molecule has 10 nitrogen and oxygen atoms in total. The van der Waals surface area contributed by atoms with Gasteiger partial charge in [0.25, 0.3) is 5.88 Å². The van der Waals surface area contributed by atoms with Gasteiger partial charge in [0.1, 0.15) is 5.75 Å². The third kappa shape index (κ3) is 5.93. The lowest BCUT2D eigenvalue weighted by Gasteiger charge is -2.16. The summed E-state index contributed by atoms with van der Waals surface area (Å²) in [6.07, 6.45) is 10.2. The number of hydrogen-bond donors (Lipinski definition) is 1. The molecule has 42 heavy (non-hydrogen) atoms. The van der Waals surface area contributed by atoms with Gasteiger partial charge in [-0.25, -0.2) is 4.98 Å². The van der Waals surface area contributed by atoms with E-state index < -0.39 is 0 Å². The highest BCUT2D eigenvalue weighted by Gasteiger charge is 2.21. The molecule has 0 amide bonds. The van der Waals surface area contributed by atoms with Crippen molar-refractivity contribution in [2.24, 2.45) is 0 Å². The van der Waals surface area contributed by atoms with Crippen LogP contribution in [0.1, 0.15) is 16.7 Å². The Bertz CT molecular complexity index is 1810. The van der Waals surface area contributed by atoms with Gasteiger partial charge in [-0.2, -0.15) is 15.2 Å². The molecule has 2 heterocycles. The average molecular weight is 559 g/mol. The number of imidazole rings is 1. The fourth-order valence-electron chi connectivity index (χ4n) is 4.23. The maximum absolute atomic E-state index is 8.96. The number of rotatable bonds is 10. The van der Waals surface area contributed by atoms with E-state index in [4.69, 9.17) is 35.6 Å². The minimum absolute atomic E-state index is 0.227. The van der Waals surface area contributed by atoms with Gasteiger partial charge in [-0.3, -0.25) is 0 Å². The van der Waals surface area contributed by atoms with Crippen LogP contribution in [0, 0.1) is 23.7 Å². The normalized spacial score (nSPS) is 10.7. The molecule has 3 aromatic carbocycles. The number of ether oxygens (including phenoxy) is 4. The molecule has 208 valence electrons. The Morgan fingerprint density at radius 3 is 2.29 bits per heavy atom. The number of aromatic nitrogens is 4. The van der Waals surface area contributed by atoms with Gasteiger partial charge in [0.05, 0.1) is 33.7 Å². The molecule has 0 unspecified atom stereocenters. The van der Waals surface area contributed by atoms with Crippen LogP contribution in [0.5, 0.6) is 28.9 Å². The predicted octanol–water partition coefficient (Wildman–Crippen LogP) is 5.95. The van der Waals surface area contributed by atoms with Crippen LogP contribution >= 0.6 is 0 Å². The highest BCUT2D eigenvalue weighted by Crippen LogP contribution is 2.43. The van der Waals surface area contributed by atoms with E-state index in [1.54, 1.807) is 31.6 Å². The van der Waals surface area contributed by atoms with Crippen molar-refractivity contribution in [2.45, 2.75) is 6.54 Å². The van der Waals surface area contributed by atoms with Crippen LogP contribution in [0.25, 0.3) is 17.2 Å². The SMILES string of the molecule is C#Cc1ccc(Nc2nc(Oc3c(OC)cc(/C=C/C#N)cc3OC)c3c(ncn3Cc3ccc(OC)cc3)n2)cc1. The second-order valence-electron chi connectivity index (χ2n) is 8.91. The zero-order valence-corrected chi connectivity index (χ0v) is 23.2. The van der Waals surface area contributed by atoms with Crippen LogP contribution in [0.15, 0.2) is 73.1 Å². The van der Waals surface area contributed by atoms with Crippen molar-refractivity contribution in [3.63, 3.8) is 0 Å². The lowest BCUT2D eigenvalue weighted by molar-refractivity contribution is 0.343. The fraction of sp³-hybridized carbons (Fsp3) is 0.125. The number of benzene rings is 3. The van der Waals surface area contributed by atoms with Gasteiger partial charge in [0.15, 0.2) is 22.7 Å². The maximum atomic E-state index is 8.96. The summed E-state index contributed by atoms with van der Waals surface area (Å²) in [7, 11) is 4.68. The van der Waals surface area contributed by atoms with Crippen LogP contribution in [0.3, 0.4) is 0 Å². The minimum atomic E-state index is 0.227. The van der Waals surface area contributed by atoms with E-state index in [1.165, 1.54) is 20.3 Å². The Balaban J connectivity index is 1.61. The summed E-state index contributed by atoms with van der Waals surface area (Å²) in [5, 5.41) is 12.2. The third-order valence-electron chi connectivity index (χ3n) is 6.29. The second-order valence-corrected chi connectivity index (χ2v) is 8.91. The summed E-state index contributed by atoms with van der Waals surface area (Å²) >= 11 is 0. The van der Waals surface area contributed by atoms with E-state index in [-0.39, 0.29) is 11.8 Å². The highest BCUT2D eigenvalue weighted by molar-refractivity contribution is 5.79. The van der Waals surface area contributed by atoms with Crippen LogP contribution in [0.4, 0.5) is 11.6 Å². The monoisotopic (exact) mass is 558 g/mol. The number of nitrogens with one attached hydrogen (secondary N) is 1. The van der Waals surface area contributed by atoms with E-state index in [0.717, 1.165) is 22.6 Å². The molecule has 5 rings (SSSR count). The average Bonchev–Trinajstić information content (AvgIpc) is 3.43. The summed E-state index contributed by atoms with van der Waals surface area (Å²) in [5.41, 5.74) is 4.19. The molecule has 0 spiro atoms. The molecule has 0 aliphatic heterocycles. The van der Waals surface area contributed by atoms with Gasteiger partial charge >= 0.3 is 0 Å². The summed E-state index contributed by atoms with van der Waals surface area (Å²) in [4.78, 5) is 13.9. The Hall–Kier alpha value is -6.00. The number of anilines is 2. The van der Waals surface area contributed by atoms with Gasteiger partial charge in [0, 0.05) is 23.9 Å². The van der Waals surface area contributed by atoms with Crippen LogP contribution in [0.2, 0.25) is 0 Å². The Labute approximate surface area is 242 Å². The molecular formula is C32H26N6O4. The van der Waals surface area contributed by atoms with Gasteiger partial charge in [-0.1, -0.05) is 18.1 Å². The lowest BCUT2D eigenvalue weighted by atomic mass is 10.1. The molecular weight excluding hydrogens is 532 g/mol. The number of methoxy groups -OCH3 is 3. The van der Waals surface area contributed by atoms with Crippen molar-refractivity contribution in [3.8, 4) is 47.3 Å². The first kappa shape index (κ1) is 27.6. The van der Waals surface area contributed by atoms with Gasteiger partial charge in [-0.15, -0.1) is 6.42 Å². The van der Waals surface area contributed by atoms with E-state index in [9.17, 15) is 0 Å². The molecule has 0 atom stereocenters. The van der Waals surface area contributed by atoms with Crippen LogP contribution in [-0.2, 0) is 6.54 Å². The summed E-state index contributed by atoms with van der Waals surface area (Å²) in [5.74, 6) is 4.94. The molecule has 0 aliphatic carbocycles. The Morgan fingerprint density at radius 1 is 0.952 bits per heavy atom. The van der Waals surface area contributed by atoms with Gasteiger partial charge in [-0.05, 0) is 65.7 Å². The molecule has 0 aliphatic rings. The second kappa shape index (κ2) is 12.5. The topological polar surface area (TPSA) is 116 Å².